The molecule has 180 valence electrons. The second-order valence-corrected chi connectivity index (χ2v) is 9.12. The molecule has 8 nitrogen and oxygen atoms in total. The molecule has 35 heavy (non-hydrogen) atoms. The molecule has 1 aromatic heterocycles. The molecule has 3 heterocycles. The van der Waals surface area contributed by atoms with Crippen molar-refractivity contribution in [3.63, 3.8) is 0 Å². The third-order valence-electron chi connectivity index (χ3n) is 6.72. The highest BCUT2D eigenvalue weighted by Gasteiger charge is 2.33. The molecule has 0 radical (unpaired) electrons. The van der Waals surface area contributed by atoms with Crippen LogP contribution in [0.1, 0.15) is 28.8 Å². The smallest absolute Gasteiger partial charge is 0.312 e. The Morgan fingerprint density at radius 3 is 1.91 bits per heavy atom. The Morgan fingerprint density at radius 1 is 0.714 bits per heavy atom. The maximum atomic E-state index is 13.6. The molecule has 3 aromatic rings. The first-order chi connectivity index (χ1) is 17.0. The van der Waals surface area contributed by atoms with Crippen molar-refractivity contribution in [2.45, 2.75) is 19.8 Å². The normalized spacial score (nSPS) is 16.0. The SMILES string of the molecule is Cc1ccc(-n2cc(C(=O)N3CCN(C(=O)C(=O)N4CCCC4)CC3)c(-c3ccccc3)n2)cc1. The lowest BCUT2D eigenvalue weighted by atomic mass is 10.1. The van der Waals surface area contributed by atoms with Crippen molar-refractivity contribution >= 4 is 17.7 Å². The number of carbonyl (C=O) groups excluding carboxylic acids is 3. The van der Waals surface area contributed by atoms with Gasteiger partial charge in [0.2, 0.25) is 0 Å². The number of aromatic nitrogens is 2. The summed E-state index contributed by atoms with van der Waals surface area (Å²) in [5.41, 5.74) is 4.04. The molecule has 0 N–H and O–H groups in total. The first-order valence-electron chi connectivity index (χ1n) is 12.1. The largest absolute Gasteiger partial charge is 0.335 e. The standard InChI is InChI=1S/C27H29N5O3/c1-20-9-11-22(12-10-20)32-19-23(24(28-32)21-7-3-2-4-8-21)25(33)30-15-17-31(18-16-30)27(35)26(34)29-13-5-6-14-29/h2-4,7-12,19H,5-6,13-18H2,1H3. The molecular formula is C27H29N5O3. The Labute approximate surface area is 204 Å². The Hall–Kier alpha value is -3.94. The molecule has 3 amide bonds. The van der Waals surface area contributed by atoms with Gasteiger partial charge in [-0.25, -0.2) is 4.68 Å². The van der Waals surface area contributed by atoms with E-state index in [1.54, 1.807) is 25.6 Å². The van der Waals surface area contributed by atoms with Gasteiger partial charge in [-0.1, -0.05) is 48.0 Å². The summed E-state index contributed by atoms with van der Waals surface area (Å²) in [5.74, 6) is -1.01. The van der Waals surface area contributed by atoms with Crippen LogP contribution >= 0.6 is 0 Å². The number of rotatable bonds is 3. The van der Waals surface area contributed by atoms with Crippen LogP contribution in [0.5, 0.6) is 0 Å². The lowest BCUT2D eigenvalue weighted by Crippen LogP contribution is -2.54. The second-order valence-electron chi connectivity index (χ2n) is 9.12. The number of hydrogen-bond acceptors (Lipinski definition) is 4. The van der Waals surface area contributed by atoms with Crippen LogP contribution in [-0.2, 0) is 9.59 Å². The molecule has 0 unspecified atom stereocenters. The molecule has 0 saturated carbocycles. The van der Waals surface area contributed by atoms with Crippen molar-refractivity contribution < 1.29 is 14.4 Å². The fraction of sp³-hybridized carbons (Fsp3) is 0.333. The van der Waals surface area contributed by atoms with Crippen LogP contribution in [-0.4, -0.2) is 81.5 Å². The fourth-order valence-corrected chi connectivity index (χ4v) is 4.64. The van der Waals surface area contributed by atoms with Gasteiger partial charge in [-0.3, -0.25) is 14.4 Å². The van der Waals surface area contributed by atoms with Crippen LogP contribution in [0, 0.1) is 6.92 Å². The molecule has 2 fully saturated rings. The van der Waals surface area contributed by atoms with Gasteiger partial charge in [-0.05, 0) is 31.9 Å². The predicted molar refractivity (Wildman–Crippen MR) is 132 cm³/mol. The average molecular weight is 472 g/mol. The van der Waals surface area contributed by atoms with E-state index in [1.807, 2.05) is 61.5 Å². The summed E-state index contributed by atoms with van der Waals surface area (Å²) < 4.78 is 1.74. The van der Waals surface area contributed by atoms with Gasteiger partial charge in [0.05, 0.1) is 11.3 Å². The Bertz CT molecular complexity index is 1220. The molecule has 2 saturated heterocycles. The molecule has 0 aliphatic carbocycles. The van der Waals surface area contributed by atoms with Crippen LogP contribution in [0.2, 0.25) is 0 Å². The van der Waals surface area contributed by atoms with Gasteiger partial charge in [-0.2, -0.15) is 5.10 Å². The lowest BCUT2D eigenvalue weighted by Gasteiger charge is -2.35. The van der Waals surface area contributed by atoms with Crippen LogP contribution in [0.15, 0.2) is 60.8 Å². The van der Waals surface area contributed by atoms with E-state index in [0.717, 1.165) is 29.7 Å². The number of carbonyl (C=O) groups is 3. The maximum absolute atomic E-state index is 13.6. The van der Waals surface area contributed by atoms with Gasteiger partial charge < -0.3 is 14.7 Å². The van der Waals surface area contributed by atoms with Gasteiger partial charge in [0, 0.05) is 51.0 Å². The molecule has 2 aliphatic heterocycles. The van der Waals surface area contributed by atoms with E-state index >= 15 is 0 Å². The minimum atomic E-state index is -0.462. The lowest BCUT2D eigenvalue weighted by molar-refractivity contribution is -0.152. The average Bonchev–Trinajstić information content (AvgIpc) is 3.59. The third kappa shape index (κ3) is 4.69. The van der Waals surface area contributed by atoms with E-state index < -0.39 is 11.8 Å². The molecule has 5 rings (SSSR count). The highest BCUT2D eigenvalue weighted by atomic mass is 16.2. The zero-order valence-electron chi connectivity index (χ0n) is 19.9. The number of hydrogen-bond donors (Lipinski definition) is 0. The molecule has 2 aliphatic rings. The van der Waals surface area contributed by atoms with E-state index in [2.05, 4.69) is 0 Å². The van der Waals surface area contributed by atoms with Gasteiger partial charge in [-0.15, -0.1) is 0 Å². The van der Waals surface area contributed by atoms with E-state index in [1.165, 1.54) is 0 Å². The van der Waals surface area contributed by atoms with E-state index in [4.69, 9.17) is 5.10 Å². The van der Waals surface area contributed by atoms with Crippen LogP contribution in [0.4, 0.5) is 0 Å². The summed E-state index contributed by atoms with van der Waals surface area (Å²) in [6, 6.07) is 17.7. The Morgan fingerprint density at radius 2 is 1.29 bits per heavy atom. The van der Waals surface area contributed by atoms with E-state index in [-0.39, 0.29) is 5.91 Å². The number of benzene rings is 2. The van der Waals surface area contributed by atoms with Crippen molar-refractivity contribution in [2.24, 2.45) is 0 Å². The highest BCUT2D eigenvalue weighted by molar-refractivity contribution is 6.35. The monoisotopic (exact) mass is 471 g/mol. The maximum Gasteiger partial charge on any atom is 0.312 e. The topological polar surface area (TPSA) is 78.8 Å². The molecular weight excluding hydrogens is 442 g/mol. The minimum Gasteiger partial charge on any atom is -0.335 e. The summed E-state index contributed by atoms with van der Waals surface area (Å²) in [5, 5.41) is 4.76. The minimum absolute atomic E-state index is 0.125. The number of aryl methyl sites for hydroxylation is 1. The van der Waals surface area contributed by atoms with Crippen molar-refractivity contribution in [1.29, 1.82) is 0 Å². The van der Waals surface area contributed by atoms with Gasteiger partial charge in [0.1, 0.15) is 5.69 Å². The molecule has 0 bridgehead atoms. The third-order valence-corrected chi connectivity index (χ3v) is 6.72. The Balaban J connectivity index is 1.35. The van der Waals surface area contributed by atoms with Crippen molar-refractivity contribution in [2.75, 3.05) is 39.3 Å². The van der Waals surface area contributed by atoms with Crippen LogP contribution < -0.4 is 0 Å². The zero-order valence-corrected chi connectivity index (χ0v) is 19.9. The number of amides is 3. The number of nitrogens with zero attached hydrogens (tertiary/aromatic N) is 5. The van der Waals surface area contributed by atoms with Crippen molar-refractivity contribution in [3.05, 3.63) is 71.9 Å². The molecule has 2 aromatic carbocycles. The fourth-order valence-electron chi connectivity index (χ4n) is 4.64. The van der Waals surface area contributed by atoms with Crippen LogP contribution in [0.3, 0.4) is 0 Å². The first-order valence-corrected chi connectivity index (χ1v) is 12.1. The van der Waals surface area contributed by atoms with Gasteiger partial charge >= 0.3 is 11.8 Å². The quantitative estimate of drug-likeness (QED) is 0.551. The Kier molecular flexibility index (Phi) is 6.35. The summed E-state index contributed by atoms with van der Waals surface area (Å²) in [6.45, 7) is 4.77. The molecule has 8 heteroatoms. The van der Waals surface area contributed by atoms with E-state index in [0.29, 0.717) is 50.5 Å². The molecule has 0 atom stereocenters. The zero-order chi connectivity index (χ0) is 24.4. The molecule has 0 spiro atoms. The summed E-state index contributed by atoms with van der Waals surface area (Å²) >= 11 is 0. The van der Waals surface area contributed by atoms with Gasteiger partial charge in [0.15, 0.2) is 0 Å². The van der Waals surface area contributed by atoms with E-state index in [9.17, 15) is 14.4 Å². The van der Waals surface area contributed by atoms with Crippen molar-refractivity contribution in [1.82, 2.24) is 24.5 Å². The summed E-state index contributed by atoms with van der Waals surface area (Å²) in [6.07, 6.45) is 3.67. The van der Waals surface area contributed by atoms with Crippen molar-refractivity contribution in [3.8, 4) is 16.9 Å². The number of likely N-dealkylation sites (tertiary alicyclic amines) is 1. The summed E-state index contributed by atoms with van der Waals surface area (Å²) in [7, 11) is 0. The predicted octanol–water partition coefficient (Wildman–Crippen LogP) is 2.75. The van der Waals surface area contributed by atoms with Crippen LogP contribution in [0.25, 0.3) is 16.9 Å². The highest BCUT2D eigenvalue weighted by Crippen LogP contribution is 2.25. The van der Waals surface area contributed by atoms with Gasteiger partial charge in [0.25, 0.3) is 5.91 Å². The first kappa shape index (κ1) is 22.8. The number of piperazine rings is 1. The second kappa shape index (κ2) is 9.74. The summed E-state index contributed by atoms with van der Waals surface area (Å²) in [4.78, 5) is 43.7.